The topological polar surface area (TPSA) is 18.5 Å². The van der Waals surface area contributed by atoms with Gasteiger partial charge >= 0.3 is 0 Å². The van der Waals surface area contributed by atoms with Crippen LogP contribution in [0.2, 0.25) is 0 Å². The summed E-state index contributed by atoms with van der Waals surface area (Å²) in [7, 11) is 0. The van der Waals surface area contributed by atoms with E-state index in [1.54, 1.807) is 0 Å². The Bertz CT molecular complexity index is 891. The molecule has 153 valence electrons. The lowest BCUT2D eigenvalue weighted by Gasteiger charge is -2.20. The first-order valence-corrected chi connectivity index (χ1v) is 10.3. The Balaban J connectivity index is 1.53. The summed E-state index contributed by atoms with van der Waals surface area (Å²) in [6.45, 7) is 14.4. The largest absolute Gasteiger partial charge is 0.492 e. The van der Waals surface area contributed by atoms with Crippen molar-refractivity contribution in [1.29, 1.82) is 0 Å². The van der Waals surface area contributed by atoms with Gasteiger partial charge < -0.3 is 9.47 Å². The first-order valence-electron chi connectivity index (χ1n) is 10.3. The highest BCUT2D eigenvalue weighted by molar-refractivity contribution is 5.43. The molecule has 0 saturated heterocycles. The minimum absolute atomic E-state index is 0.120. The van der Waals surface area contributed by atoms with Crippen molar-refractivity contribution in [2.75, 3.05) is 13.2 Å². The van der Waals surface area contributed by atoms with Crippen molar-refractivity contribution in [3.8, 4) is 11.5 Å². The Morgan fingerprint density at radius 3 is 1.69 bits per heavy atom. The van der Waals surface area contributed by atoms with Gasteiger partial charge in [0.1, 0.15) is 24.7 Å². The molecule has 1 aliphatic rings. The molecule has 29 heavy (non-hydrogen) atoms. The average Bonchev–Trinajstić information content (AvgIpc) is 3.12. The van der Waals surface area contributed by atoms with Gasteiger partial charge in [0.25, 0.3) is 0 Å². The highest BCUT2D eigenvalue weighted by Crippen LogP contribution is 2.28. The molecule has 0 saturated carbocycles. The van der Waals surface area contributed by atoms with Crippen molar-refractivity contribution >= 4 is 0 Å². The van der Waals surface area contributed by atoms with Gasteiger partial charge in [0.2, 0.25) is 0 Å². The zero-order chi connectivity index (χ0) is 21.1. The van der Waals surface area contributed by atoms with E-state index in [-0.39, 0.29) is 10.8 Å². The molecule has 0 unspecified atom stereocenters. The van der Waals surface area contributed by atoms with E-state index < -0.39 is 0 Å². The summed E-state index contributed by atoms with van der Waals surface area (Å²) in [5.41, 5.74) is 3.96. The van der Waals surface area contributed by atoms with Gasteiger partial charge in [0, 0.05) is 0 Å². The third-order valence-corrected chi connectivity index (χ3v) is 5.09. The van der Waals surface area contributed by atoms with Crippen LogP contribution in [0.3, 0.4) is 0 Å². The average molecular weight is 390 g/mol. The predicted octanol–water partition coefficient (Wildman–Crippen LogP) is 6.81. The zero-order valence-electron chi connectivity index (χ0n) is 18.6. The molecule has 3 rings (SSSR count). The van der Waals surface area contributed by atoms with Crippen LogP contribution in [0.15, 0.2) is 72.3 Å². The van der Waals surface area contributed by atoms with Crippen LogP contribution >= 0.6 is 0 Å². The first kappa shape index (κ1) is 21.2. The summed E-state index contributed by atoms with van der Waals surface area (Å²) in [4.78, 5) is 0. The Hall–Kier alpha value is -2.48. The van der Waals surface area contributed by atoms with Crippen LogP contribution < -0.4 is 9.47 Å². The van der Waals surface area contributed by atoms with Crippen LogP contribution in [0.5, 0.6) is 11.5 Å². The fourth-order valence-corrected chi connectivity index (χ4v) is 3.17. The summed E-state index contributed by atoms with van der Waals surface area (Å²) in [6, 6.07) is 16.7. The minimum Gasteiger partial charge on any atom is -0.492 e. The molecule has 0 atom stereocenters. The summed E-state index contributed by atoms with van der Waals surface area (Å²) in [5.74, 6) is 2.99. The highest BCUT2D eigenvalue weighted by atomic mass is 16.5. The lowest BCUT2D eigenvalue weighted by molar-refractivity contribution is 0.341. The van der Waals surface area contributed by atoms with Gasteiger partial charge in [-0.1, -0.05) is 84.0 Å². The molecule has 0 heterocycles. The predicted molar refractivity (Wildman–Crippen MR) is 122 cm³/mol. The van der Waals surface area contributed by atoms with E-state index >= 15 is 0 Å². The Kier molecular flexibility index (Phi) is 6.21. The Labute approximate surface area is 176 Å². The Morgan fingerprint density at radius 1 is 0.655 bits per heavy atom. The standard InChI is InChI=1S/C27H33O2/c1-26(2,3)22-9-7-11-24(16-22)28-18-20-13-14-21(15-20)19-29-25-12-8-10-23(17-25)27(4,5)6/h7-17H,18-19H2,1-6H3. The van der Waals surface area contributed by atoms with Crippen LogP contribution in [0, 0.1) is 5.92 Å². The molecule has 0 bridgehead atoms. The fraction of sp³-hybridized carbons (Fsp3) is 0.370. The molecule has 0 spiro atoms. The number of benzene rings is 2. The van der Waals surface area contributed by atoms with Crippen molar-refractivity contribution in [3.63, 3.8) is 0 Å². The molecule has 0 aromatic heterocycles. The van der Waals surface area contributed by atoms with Crippen molar-refractivity contribution in [1.82, 2.24) is 0 Å². The third-order valence-electron chi connectivity index (χ3n) is 5.09. The van der Waals surface area contributed by atoms with E-state index in [1.807, 2.05) is 12.1 Å². The molecule has 2 nitrogen and oxygen atoms in total. The molecule has 2 heteroatoms. The van der Waals surface area contributed by atoms with Crippen LogP contribution in [0.1, 0.15) is 52.7 Å². The van der Waals surface area contributed by atoms with E-state index in [9.17, 15) is 0 Å². The number of rotatable bonds is 6. The maximum atomic E-state index is 6.02. The molecule has 1 aliphatic carbocycles. The van der Waals surface area contributed by atoms with Gasteiger partial charge in [0.15, 0.2) is 0 Å². The number of hydrogen-bond donors (Lipinski definition) is 0. The van der Waals surface area contributed by atoms with E-state index in [2.05, 4.69) is 96.2 Å². The molecule has 1 radical (unpaired) electrons. The first-order chi connectivity index (χ1) is 13.6. The minimum atomic E-state index is 0.120. The zero-order valence-corrected chi connectivity index (χ0v) is 18.6. The van der Waals surface area contributed by atoms with E-state index in [4.69, 9.17) is 9.47 Å². The second-order valence-corrected chi connectivity index (χ2v) is 9.76. The van der Waals surface area contributed by atoms with Gasteiger partial charge in [0.05, 0.1) is 5.92 Å². The lowest BCUT2D eigenvalue weighted by atomic mass is 9.87. The summed E-state index contributed by atoms with van der Waals surface area (Å²) in [5, 5.41) is 0. The van der Waals surface area contributed by atoms with Crippen LogP contribution in [-0.2, 0) is 10.8 Å². The van der Waals surface area contributed by atoms with Gasteiger partial charge in [-0.25, -0.2) is 0 Å². The monoisotopic (exact) mass is 389 g/mol. The second-order valence-electron chi connectivity index (χ2n) is 9.76. The molecular weight excluding hydrogens is 356 g/mol. The molecule has 0 amide bonds. The summed E-state index contributed by atoms with van der Waals surface area (Å²) >= 11 is 0. The van der Waals surface area contributed by atoms with Crippen molar-refractivity contribution in [2.45, 2.75) is 52.4 Å². The SMILES string of the molecule is CC(C)(C)c1cccc(OC[C]2C=CC(COc3cccc(C(C)(C)C)c3)=C2)c1. The van der Waals surface area contributed by atoms with Crippen LogP contribution in [-0.4, -0.2) is 13.2 Å². The number of ether oxygens (including phenoxy) is 2. The van der Waals surface area contributed by atoms with Crippen LogP contribution in [0.25, 0.3) is 0 Å². The normalized spacial score (nSPS) is 14.8. The van der Waals surface area contributed by atoms with E-state index in [0.717, 1.165) is 23.0 Å². The molecule has 2 aromatic rings. The highest BCUT2D eigenvalue weighted by Gasteiger charge is 2.16. The maximum Gasteiger partial charge on any atom is 0.120 e. The molecule has 0 aliphatic heterocycles. The van der Waals surface area contributed by atoms with Crippen molar-refractivity contribution in [2.24, 2.45) is 0 Å². The molecule has 0 fully saturated rings. The van der Waals surface area contributed by atoms with Gasteiger partial charge in [-0.05, 0) is 51.8 Å². The van der Waals surface area contributed by atoms with E-state index in [1.165, 1.54) is 11.1 Å². The number of hydrogen-bond acceptors (Lipinski definition) is 2. The molecule has 0 N–H and O–H groups in total. The Morgan fingerprint density at radius 2 is 1.17 bits per heavy atom. The maximum absolute atomic E-state index is 6.02. The second kappa shape index (κ2) is 8.49. The summed E-state index contributed by atoms with van der Waals surface area (Å²) in [6.07, 6.45) is 6.37. The third kappa shape index (κ3) is 6.00. The smallest absolute Gasteiger partial charge is 0.120 e. The van der Waals surface area contributed by atoms with E-state index in [0.29, 0.717) is 13.2 Å². The molecule has 2 aromatic carbocycles. The van der Waals surface area contributed by atoms with Gasteiger partial charge in [-0.2, -0.15) is 0 Å². The summed E-state index contributed by atoms with van der Waals surface area (Å²) < 4.78 is 12.0. The lowest BCUT2D eigenvalue weighted by Crippen LogP contribution is -2.11. The van der Waals surface area contributed by atoms with Crippen LogP contribution in [0.4, 0.5) is 0 Å². The quantitative estimate of drug-likeness (QED) is 0.540. The van der Waals surface area contributed by atoms with Gasteiger partial charge in [-0.15, -0.1) is 0 Å². The molecular formula is C27H33O2. The van der Waals surface area contributed by atoms with Gasteiger partial charge in [-0.3, -0.25) is 0 Å². The van der Waals surface area contributed by atoms with Crippen molar-refractivity contribution in [3.05, 3.63) is 89.4 Å². The fourth-order valence-electron chi connectivity index (χ4n) is 3.17. The van der Waals surface area contributed by atoms with Crippen molar-refractivity contribution < 1.29 is 9.47 Å².